The van der Waals surface area contributed by atoms with Crippen LogP contribution in [0.15, 0.2) is 84.5 Å². The number of nitrogens with zero attached hydrogens (tertiary/aromatic N) is 2. The van der Waals surface area contributed by atoms with Gasteiger partial charge in [0.25, 0.3) is 5.91 Å². The largest absolute Gasteiger partial charge is 0.355 e. The first-order valence-electron chi connectivity index (χ1n) is 9.57. The van der Waals surface area contributed by atoms with E-state index in [1.54, 1.807) is 23.6 Å². The summed E-state index contributed by atoms with van der Waals surface area (Å²) in [5.41, 5.74) is 7.14. The molecule has 0 aliphatic carbocycles. The summed E-state index contributed by atoms with van der Waals surface area (Å²) in [5, 5.41) is 7.32. The number of hydrogen-bond acceptors (Lipinski definition) is 5. The molecular formula is C24H18N4OS. The predicted molar refractivity (Wildman–Crippen MR) is 122 cm³/mol. The molecular weight excluding hydrogens is 392 g/mol. The number of aromatic nitrogens is 2. The van der Waals surface area contributed by atoms with Crippen molar-refractivity contribution < 1.29 is 4.79 Å². The molecule has 0 saturated carbocycles. The summed E-state index contributed by atoms with van der Waals surface area (Å²) in [4.78, 5) is 21.5. The zero-order valence-corrected chi connectivity index (χ0v) is 16.8. The maximum atomic E-state index is 12.7. The lowest BCUT2D eigenvalue weighted by atomic mass is 10.1. The standard InChI is InChI=1S/C24H18N4OS/c29-24(26-14-16-4-2-1-3-5-16)17-6-8-20-19(12-17)21(10-11-25-20)28-18-7-9-23-22(13-18)27-15-30-23/h1-13,15H,14H2,(H,25,28)(H,26,29). The van der Waals surface area contributed by atoms with E-state index in [4.69, 9.17) is 0 Å². The van der Waals surface area contributed by atoms with Crippen molar-refractivity contribution >= 4 is 49.7 Å². The Balaban J connectivity index is 1.42. The zero-order valence-electron chi connectivity index (χ0n) is 16.0. The first-order chi connectivity index (χ1) is 14.8. The molecule has 0 bridgehead atoms. The second-order valence-electron chi connectivity index (χ2n) is 6.92. The highest BCUT2D eigenvalue weighted by atomic mass is 32.1. The third-order valence-electron chi connectivity index (χ3n) is 4.91. The van der Waals surface area contributed by atoms with Crippen LogP contribution in [0.4, 0.5) is 11.4 Å². The highest BCUT2D eigenvalue weighted by Crippen LogP contribution is 2.28. The second-order valence-corrected chi connectivity index (χ2v) is 7.80. The molecule has 3 aromatic carbocycles. The number of fused-ring (bicyclic) bond motifs is 2. The van der Waals surface area contributed by atoms with Gasteiger partial charge in [-0.05, 0) is 48.0 Å². The molecule has 2 heterocycles. The van der Waals surface area contributed by atoms with Gasteiger partial charge in [-0.25, -0.2) is 4.98 Å². The Morgan fingerprint density at radius 1 is 0.900 bits per heavy atom. The number of carbonyl (C=O) groups is 1. The minimum atomic E-state index is -0.112. The quantitative estimate of drug-likeness (QED) is 0.400. The molecule has 0 saturated heterocycles. The molecule has 0 aliphatic heterocycles. The molecule has 5 nitrogen and oxygen atoms in total. The number of hydrogen-bond donors (Lipinski definition) is 2. The van der Waals surface area contributed by atoms with Crippen LogP contribution in [-0.2, 0) is 6.54 Å². The molecule has 0 atom stereocenters. The zero-order chi connectivity index (χ0) is 20.3. The van der Waals surface area contributed by atoms with Crippen LogP contribution in [-0.4, -0.2) is 15.9 Å². The van der Waals surface area contributed by atoms with Crippen molar-refractivity contribution in [1.29, 1.82) is 0 Å². The average molecular weight is 411 g/mol. The van der Waals surface area contributed by atoms with Gasteiger partial charge in [0.15, 0.2) is 0 Å². The lowest BCUT2D eigenvalue weighted by Crippen LogP contribution is -2.22. The smallest absolute Gasteiger partial charge is 0.251 e. The van der Waals surface area contributed by atoms with Crippen LogP contribution in [0.3, 0.4) is 0 Å². The Morgan fingerprint density at radius 2 is 1.80 bits per heavy atom. The van der Waals surface area contributed by atoms with Crippen molar-refractivity contribution in [3.05, 3.63) is 95.6 Å². The maximum Gasteiger partial charge on any atom is 0.251 e. The summed E-state index contributed by atoms with van der Waals surface area (Å²) in [6.45, 7) is 0.490. The monoisotopic (exact) mass is 410 g/mol. The first kappa shape index (κ1) is 18.3. The minimum Gasteiger partial charge on any atom is -0.355 e. The lowest BCUT2D eigenvalue weighted by molar-refractivity contribution is 0.0951. The fraction of sp³-hybridized carbons (Fsp3) is 0.0417. The second kappa shape index (κ2) is 7.93. The average Bonchev–Trinajstić information content (AvgIpc) is 3.26. The summed E-state index contributed by atoms with van der Waals surface area (Å²) >= 11 is 1.62. The minimum absolute atomic E-state index is 0.112. The number of amides is 1. The van der Waals surface area contributed by atoms with E-state index in [2.05, 4.69) is 26.7 Å². The Hall–Kier alpha value is -3.77. The molecule has 5 rings (SSSR count). The van der Waals surface area contributed by atoms with Gasteiger partial charge in [0.05, 0.1) is 21.2 Å². The molecule has 6 heteroatoms. The van der Waals surface area contributed by atoms with Gasteiger partial charge in [-0.15, -0.1) is 11.3 Å². The van der Waals surface area contributed by atoms with Gasteiger partial charge in [-0.2, -0.15) is 0 Å². The van der Waals surface area contributed by atoms with Crippen LogP contribution in [0, 0.1) is 0 Å². The number of nitrogens with one attached hydrogen (secondary N) is 2. The first-order valence-corrected chi connectivity index (χ1v) is 10.5. The van der Waals surface area contributed by atoms with Gasteiger partial charge in [0.2, 0.25) is 0 Å². The lowest BCUT2D eigenvalue weighted by Gasteiger charge is -2.11. The van der Waals surface area contributed by atoms with Crippen LogP contribution in [0.5, 0.6) is 0 Å². The topological polar surface area (TPSA) is 66.9 Å². The van der Waals surface area contributed by atoms with Gasteiger partial charge in [-0.1, -0.05) is 30.3 Å². The van der Waals surface area contributed by atoms with E-state index in [0.29, 0.717) is 12.1 Å². The molecule has 1 amide bonds. The van der Waals surface area contributed by atoms with Crippen molar-refractivity contribution in [3.8, 4) is 0 Å². The molecule has 0 radical (unpaired) electrons. The van der Waals surface area contributed by atoms with Crippen LogP contribution in [0.2, 0.25) is 0 Å². The van der Waals surface area contributed by atoms with Crippen molar-refractivity contribution in [1.82, 2.24) is 15.3 Å². The summed E-state index contributed by atoms with van der Waals surface area (Å²) in [5.74, 6) is -0.112. The fourth-order valence-corrected chi connectivity index (χ4v) is 4.03. The summed E-state index contributed by atoms with van der Waals surface area (Å²) in [6, 6.07) is 23.5. The normalized spacial score (nSPS) is 10.9. The third kappa shape index (κ3) is 3.73. The predicted octanol–water partition coefficient (Wildman–Crippen LogP) is 5.52. The Labute approximate surface area is 177 Å². The number of anilines is 2. The number of rotatable bonds is 5. The third-order valence-corrected chi connectivity index (χ3v) is 5.72. The van der Waals surface area contributed by atoms with E-state index in [9.17, 15) is 4.79 Å². The Morgan fingerprint density at radius 3 is 2.70 bits per heavy atom. The highest BCUT2D eigenvalue weighted by Gasteiger charge is 2.10. The molecule has 2 N–H and O–H groups in total. The molecule has 146 valence electrons. The number of carbonyl (C=O) groups excluding carboxylic acids is 1. The molecule has 0 fully saturated rings. The van der Waals surface area contributed by atoms with E-state index >= 15 is 0 Å². The van der Waals surface area contributed by atoms with E-state index in [-0.39, 0.29) is 5.91 Å². The van der Waals surface area contributed by atoms with Crippen molar-refractivity contribution in [2.75, 3.05) is 5.32 Å². The maximum absolute atomic E-state index is 12.7. The SMILES string of the molecule is O=C(NCc1ccccc1)c1ccc2nccc(Nc3ccc4scnc4c3)c2c1. The Bertz CT molecular complexity index is 1350. The summed E-state index contributed by atoms with van der Waals surface area (Å²) in [7, 11) is 0. The van der Waals surface area contributed by atoms with E-state index in [0.717, 1.165) is 38.1 Å². The molecule has 2 aromatic heterocycles. The van der Waals surface area contributed by atoms with Crippen LogP contribution < -0.4 is 10.6 Å². The van der Waals surface area contributed by atoms with Gasteiger partial charge < -0.3 is 10.6 Å². The highest BCUT2D eigenvalue weighted by molar-refractivity contribution is 7.16. The van der Waals surface area contributed by atoms with Gasteiger partial charge in [0.1, 0.15) is 0 Å². The number of thiazole rings is 1. The number of pyridine rings is 1. The molecule has 5 aromatic rings. The molecule has 0 unspecified atom stereocenters. The summed E-state index contributed by atoms with van der Waals surface area (Å²) in [6.07, 6.45) is 1.77. The van der Waals surface area contributed by atoms with E-state index < -0.39 is 0 Å². The molecule has 0 aliphatic rings. The van der Waals surface area contributed by atoms with Crippen molar-refractivity contribution in [3.63, 3.8) is 0 Å². The van der Waals surface area contributed by atoms with Gasteiger partial charge >= 0.3 is 0 Å². The molecule has 0 spiro atoms. The molecule has 30 heavy (non-hydrogen) atoms. The van der Waals surface area contributed by atoms with Crippen LogP contribution in [0.25, 0.3) is 21.1 Å². The van der Waals surface area contributed by atoms with E-state index in [1.165, 1.54) is 0 Å². The van der Waals surface area contributed by atoms with Crippen LogP contribution in [0.1, 0.15) is 15.9 Å². The van der Waals surface area contributed by atoms with Crippen molar-refractivity contribution in [2.45, 2.75) is 6.54 Å². The van der Waals surface area contributed by atoms with Crippen molar-refractivity contribution in [2.24, 2.45) is 0 Å². The van der Waals surface area contributed by atoms with Gasteiger partial charge in [0, 0.05) is 35.1 Å². The number of benzene rings is 3. The van der Waals surface area contributed by atoms with Crippen LogP contribution >= 0.6 is 11.3 Å². The fourth-order valence-electron chi connectivity index (χ4n) is 3.37. The van der Waals surface area contributed by atoms with E-state index in [1.807, 2.05) is 66.2 Å². The van der Waals surface area contributed by atoms with Gasteiger partial charge in [-0.3, -0.25) is 9.78 Å². The Kier molecular flexibility index (Phi) is 4.83. The summed E-state index contributed by atoms with van der Waals surface area (Å²) < 4.78 is 1.15.